The Hall–Kier alpha value is -3.60. The lowest BCUT2D eigenvalue weighted by Crippen LogP contribution is -2.42. The van der Waals surface area contributed by atoms with Gasteiger partial charge in [-0.3, -0.25) is 30.3 Å². The van der Waals surface area contributed by atoms with Gasteiger partial charge in [0, 0.05) is 12.0 Å². The Morgan fingerprint density at radius 2 is 1.50 bits per heavy atom. The Balaban J connectivity index is 0.000000215. The van der Waals surface area contributed by atoms with Crippen molar-refractivity contribution < 1.29 is 19.9 Å². The molecule has 1 saturated heterocycles. The SMILES string of the molecule is CN1CCCC(C)(c2ccccc2)C1.O=[N+]([O-])c1cc([N+](=O)[O-])c(O)c([N+](=O)[O-])c1. The Bertz CT molecular complexity index is 916. The summed E-state index contributed by atoms with van der Waals surface area (Å²) in [6.07, 6.45) is 2.64. The van der Waals surface area contributed by atoms with E-state index in [1.807, 2.05) is 0 Å². The second-order valence-corrected chi connectivity index (χ2v) is 7.37. The molecule has 1 unspecified atom stereocenters. The maximum absolute atomic E-state index is 10.4. The highest BCUT2D eigenvalue weighted by Crippen LogP contribution is 2.39. The summed E-state index contributed by atoms with van der Waals surface area (Å²) < 4.78 is 0. The molecule has 3 rings (SSSR count). The topological polar surface area (TPSA) is 153 Å². The number of piperidine rings is 1. The van der Waals surface area contributed by atoms with Crippen LogP contribution < -0.4 is 0 Å². The van der Waals surface area contributed by atoms with Crippen LogP contribution in [-0.2, 0) is 5.41 Å². The third kappa shape index (κ3) is 5.26. The number of nitro benzene ring substituents is 3. The predicted octanol–water partition coefficient (Wildman–Crippen LogP) is 3.79. The molecule has 11 heteroatoms. The molecule has 0 amide bonds. The van der Waals surface area contributed by atoms with E-state index in [-0.39, 0.29) is 0 Å². The number of hydrogen-bond acceptors (Lipinski definition) is 8. The van der Waals surface area contributed by atoms with Gasteiger partial charge in [0.15, 0.2) is 0 Å². The molecule has 1 aliphatic heterocycles. The van der Waals surface area contributed by atoms with E-state index in [9.17, 15) is 30.3 Å². The van der Waals surface area contributed by atoms with Crippen LogP contribution in [0.15, 0.2) is 42.5 Å². The normalized spacial score (nSPS) is 18.7. The molecule has 1 heterocycles. The minimum Gasteiger partial charge on any atom is -0.497 e. The summed E-state index contributed by atoms with van der Waals surface area (Å²) in [6, 6.07) is 11.8. The monoisotopic (exact) mass is 418 g/mol. The minimum atomic E-state index is -1.21. The molecule has 2 aromatic carbocycles. The van der Waals surface area contributed by atoms with Crippen molar-refractivity contribution in [1.29, 1.82) is 0 Å². The van der Waals surface area contributed by atoms with Gasteiger partial charge in [0.25, 0.3) is 11.4 Å². The molecule has 1 N–H and O–H groups in total. The van der Waals surface area contributed by atoms with Crippen LogP contribution in [0.25, 0.3) is 0 Å². The summed E-state index contributed by atoms with van der Waals surface area (Å²) in [6.45, 7) is 4.83. The molecule has 0 spiro atoms. The third-order valence-electron chi connectivity index (χ3n) is 5.02. The van der Waals surface area contributed by atoms with Gasteiger partial charge in [0.1, 0.15) is 0 Å². The van der Waals surface area contributed by atoms with Gasteiger partial charge in [-0.1, -0.05) is 37.3 Å². The molecule has 160 valence electrons. The van der Waals surface area contributed by atoms with Crippen LogP contribution >= 0.6 is 0 Å². The summed E-state index contributed by atoms with van der Waals surface area (Å²) in [5, 5.41) is 40.2. The molecule has 1 fully saturated rings. The number of phenolic OH excluding ortho intramolecular Hbond substituents is 1. The van der Waals surface area contributed by atoms with Crippen LogP contribution in [0.4, 0.5) is 17.1 Å². The zero-order chi connectivity index (χ0) is 22.5. The van der Waals surface area contributed by atoms with Gasteiger partial charge in [-0.25, -0.2) is 0 Å². The number of nitro groups is 3. The lowest BCUT2D eigenvalue weighted by Gasteiger charge is -2.39. The minimum absolute atomic E-state index is 0.369. The third-order valence-corrected chi connectivity index (χ3v) is 5.02. The lowest BCUT2D eigenvalue weighted by atomic mass is 9.76. The Labute approximate surface area is 172 Å². The predicted molar refractivity (Wildman–Crippen MR) is 109 cm³/mol. The summed E-state index contributed by atoms with van der Waals surface area (Å²) in [5.41, 5.74) is -1.14. The zero-order valence-corrected chi connectivity index (χ0v) is 16.6. The maximum atomic E-state index is 10.4. The molecule has 1 aliphatic rings. The van der Waals surface area contributed by atoms with Crippen LogP contribution in [0.2, 0.25) is 0 Å². The van der Waals surface area contributed by atoms with Crippen LogP contribution in [0.5, 0.6) is 5.75 Å². The molecule has 0 aromatic heterocycles. The highest BCUT2D eigenvalue weighted by atomic mass is 16.6. The van der Waals surface area contributed by atoms with Gasteiger partial charge in [-0.05, 0) is 32.0 Å². The number of likely N-dealkylation sites (N-methyl/N-ethyl adjacent to an activating group) is 1. The van der Waals surface area contributed by atoms with Gasteiger partial charge in [-0.15, -0.1) is 0 Å². The fourth-order valence-corrected chi connectivity index (χ4v) is 3.54. The second-order valence-electron chi connectivity index (χ2n) is 7.37. The summed E-state index contributed by atoms with van der Waals surface area (Å²) in [7, 11) is 2.22. The first-order chi connectivity index (χ1) is 14.0. The number of nitrogens with zero attached hydrogens (tertiary/aromatic N) is 4. The average molecular weight is 418 g/mol. The molecule has 0 aliphatic carbocycles. The Morgan fingerprint density at radius 3 is 1.93 bits per heavy atom. The van der Waals surface area contributed by atoms with Crippen molar-refractivity contribution in [3.05, 3.63) is 78.4 Å². The second kappa shape index (κ2) is 9.27. The molecule has 0 bridgehead atoms. The van der Waals surface area contributed by atoms with E-state index in [0.717, 1.165) is 0 Å². The Morgan fingerprint density at radius 1 is 0.967 bits per heavy atom. The summed E-state index contributed by atoms with van der Waals surface area (Å²) in [4.78, 5) is 30.2. The van der Waals surface area contributed by atoms with E-state index in [1.54, 1.807) is 0 Å². The molecular formula is C19H22N4O7. The van der Waals surface area contributed by atoms with E-state index in [2.05, 4.69) is 49.2 Å². The first-order valence-corrected chi connectivity index (χ1v) is 9.09. The van der Waals surface area contributed by atoms with E-state index < -0.39 is 37.6 Å². The molecule has 1 atom stereocenters. The fraction of sp³-hybridized carbons (Fsp3) is 0.368. The van der Waals surface area contributed by atoms with E-state index >= 15 is 0 Å². The van der Waals surface area contributed by atoms with Crippen molar-refractivity contribution in [2.75, 3.05) is 20.1 Å². The van der Waals surface area contributed by atoms with Gasteiger partial charge >= 0.3 is 11.4 Å². The zero-order valence-electron chi connectivity index (χ0n) is 16.6. The van der Waals surface area contributed by atoms with Gasteiger partial charge in [-0.2, -0.15) is 0 Å². The number of aromatic hydroxyl groups is 1. The highest BCUT2D eigenvalue weighted by Gasteiger charge is 2.31. The number of benzene rings is 2. The quantitative estimate of drug-likeness (QED) is 0.581. The molecule has 30 heavy (non-hydrogen) atoms. The van der Waals surface area contributed by atoms with Gasteiger partial charge < -0.3 is 10.0 Å². The van der Waals surface area contributed by atoms with Crippen LogP contribution in [-0.4, -0.2) is 44.9 Å². The number of hydrogen-bond donors (Lipinski definition) is 1. The van der Waals surface area contributed by atoms with Crippen molar-refractivity contribution in [1.82, 2.24) is 4.90 Å². The first kappa shape index (κ1) is 22.7. The largest absolute Gasteiger partial charge is 0.497 e. The van der Waals surface area contributed by atoms with Gasteiger partial charge in [0.2, 0.25) is 0 Å². The fourth-order valence-electron chi connectivity index (χ4n) is 3.54. The van der Waals surface area contributed by atoms with Gasteiger partial charge in [0.05, 0.1) is 26.9 Å². The molecular weight excluding hydrogens is 396 g/mol. The van der Waals surface area contributed by atoms with E-state index in [0.29, 0.717) is 17.5 Å². The van der Waals surface area contributed by atoms with Crippen molar-refractivity contribution >= 4 is 17.1 Å². The first-order valence-electron chi connectivity index (χ1n) is 9.09. The van der Waals surface area contributed by atoms with E-state index in [4.69, 9.17) is 5.11 Å². The molecule has 2 aromatic rings. The number of non-ortho nitro benzene ring substituents is 1. The summed E-state index contributed by atoms with van der Waals surface area (Å²) >= 11 is 0. The number of phenols is 1. The van der Waals surface area contributed by atoms with Crippen molar-refractivity contribution in [3.8, 4) is 5.75 Å². The van der Waals surface area contributed by atoms with Crippen molar-refractivity contribution in [2.24, 2.45) is 0 Å². The standard InChI is InChI=1S/C13H19N.C6H3N3O7/c1-13(9-6-10-14(2)11-13)12-7-4-3-5-8-12;10-6-4(8(13)14)1-3(7(11)12)2-5(6)9(15)16/h3-5,7-8H,6,9-11H2,1-2H3;1-2,10H. The number of rotatable bonds is 4. The molecule has 0 radical (unpaired) electrons. The highest BCUT2D eigenvalue weighted by molar-refractivity contribution is 5.64. The van der Waals surface area contributed by atoms with Crippen LogP contribution in [0.3, 0.4) is 0 Å². The van der Waals surface area contributed by atoms with Crippen LogP contribution in [0.1, 0.15) is 25.3 Å². The van der Waals surface area contributed by atoms with E-state index in [1.165, 1.54) is 31.5 Å². The molecule has 11 nitrogen and oxygen atoms in total. The number of likely N-dealkylation sites (tertiary alicyclic amines) is 1. The molecule has 0 saturated carbocycles. The Kier molecular flexibility index (Phi) is 7.01. The van der Waals surface area contributed by atoms with Crippen molar-refractivity contribution in [3.63, 3.8) is 0 Å². The summed E-state index contributed by atoms with van der Waals surface area (Å²) in [5.74, 6) is -1.21. The van der Waals surface area contributed by atoms with Crippen molar-refractivity contribution in [2.45, 2.75) is 25.2 Å². The average Bonchev–Trinajstić information content (AvgIpc) is 2.68. The maximum Gasteiger partial charge on any atom is 0.324 e. The smallest absolute Gasteiger partial charge is 0.324 e. The van der Waals surface area contributed by atoms with Crippen LogP contribution in [0, 0.1) is 30.3 Å². The lowest BCUT2D eigenvalue weighted by molar-refractivity contribution is -0.404.